The molecule has 73 valence electrons. The number of hydrogen-bond acceptors (Lipinski definition) is 4. The Morgan fingerprint density at radius 1 is 1.33 bits per heavy atom. The van der Waals surface area contributed by atoms with Crippen LogP contribution in [-0.2, 0) is 4.74 Å². The minimum atomic E-state index is -0.271. The maximum Gasteiger partial charge on any atom is 0.139 e. The van der Waals surface area contributed by atoms with Crippen molar-refractivity contribution in [1.82, 2.24) is 16.0 Å². The second-order valence-electron chi connectivity index (χ2n) is 2.74. The van der Waals surface area contributed by atoms with Gasteiger partial charge in [-0.15, -0.1) is 0 Å². The fourth-order valence-electron chi connectivity index (χ4n) is 1.04. The van der Waals surface area contributed by atoms with Gasteiger partial charge >= 0.3 is 0 Å². The molecular formula is C8H20N3O. The molecule has 0 rings (SSSR count). The molecule has 1 atom stereocenters. The van der Waals surface area contributed by atoms with Gasteiger partial charge < -0.3 is 4.74 Å². The van der Waals surface area contributed by atoms with Crippen molar-refractivity contribution in [3.8, 4) is 0 Å². The van der Waals surface area contributed by atoms with E-state index in [2.05, 4.69) is 22.9 Å². The SMILES string of the molecule is [CH2]COC(NC)C(C)(NC)NC. The first-order valence-corrected chi connectivity index (χ1v) is 4.10. The molecule has 0 aromatic rings. The molecule has 0 heterocycles. The van der Waals surface area contributed by atoms with Crippen molar-refractivity contribution in [2.24, 2.45) is 0 Å². The Kier molecular flexibility index (Phi) is 5.41. The molecule has 0 bridgehead atoms. The van der Waals surface area contributed by atoms with Crippen LogP contribution in [0, 0.1) is 6.92 Å². The van der Waals surface area contributed by atoms with Crippen LogP contribution in [0.2, 0.25) is 0 Å². The first-order chi connectivity index (χ1) is 5.64. The average molecular weight is 174 g/mol. The Labute approximate surface area is 75.1 Å². The highest BCUT2D eigenvalue weighted by Crippen LogP contribution is 2.05. The van der Waals surface area contributed by atoms with Gasteiger partial charge in [-0.1, -0.05) is 0 Å². The summed E-state index contributed by atoms with van der Waals surface area (Å²) in [5.74, 6) is 0. The van der Waals surface area contributed by atoms with Gasteiger partial charge in [0, 0.05) is 6.61 Å². The second-order valence-corrected chi connectivity index (χ2v) is 2.74. The van der Waals surface area contributed by atoms with Crippen LogP contribution in [0.1, 0.15) is 6.92 Å². The first kappa shape index (κ1) is 11.8. The summed E-state index contributed by atoms with van der Waals surface area (Å²) in [5, 5.41) is 9.33. The molecule has 4 nitrogen and oxygen atoms in total. The summed E-state index contributed by atoms with van der Waals surface area (Å²) in [6.45, 7) is 6.10. The van der Waals surface area contributed by atoms with Gasteiger partial charge in [0.2, 0.25) is 0 Å². The lowest BCUT2D eigenvalue weighted by atomic mass is 10.1. The fraction of sp³-hybridized carbons (Fsp3) is 0.875. The summed E-state index contributed by atoms with van der Waals surface area (Å²) in [5.41, 5.74) is -0.271. The Hall–Kier alpha value is -0.160. The van der Waals surface area contributed by atoms with E-state index in [1.165, 1.54) is 0 Å². The fourth-order valence-corrected chi connectivity index (χ4v) is 1.04. The van der Waals surface area contributed by atoms with Gasteiger partial charge in [0.15, 0.2) is 0 Å². The van der Waals surface area contributed by atoms with Crippen LogP contribution in [0.25, 0.3) is 0 Å². The smallest absolute Gasteiger partial charge is 0.139 e. The molecule has 0 aliphatic rings. The van der Waals surface area contributed by atoms with Crippen molar-refractivity contribution in [1.29, 1.82) is 0 Å². The lowest BCUT2D eigenvalue weighted by Gasteiger charge is -2.36. The van der Waals surface area contributed by atoms with Crippen LogP contribution < -0.4 is 16.0 Å². The van der Waals surface area contributed by atoms with Gasteiger partial charge in [-0.2, -0.15) is 0 Å². The molecule has 12 heavy (non-hydrogen) atoms. The van der Waals surface area contributed by atoms with Gasteiger partial charge in [-0.25, -0.2) is 0 Å². The molecule has 0 aliphatic carbocycles. The van der Waals surface area contributed by atoms with E-state index in [1.54, 1.807) is 0 Å². The summed E-state index contributed by atoms with van der Waals surface area (Å²) < 4.78 is 5.39. The zero-order valence-electron chi connectivity index (χ0n) is 8.40. The highest BCUT2D eigenvalue weighted by atomic mass is 16.5. The predicted molar refractivity (Wildman–Crippen MR) is 50.7 cm³/mol. The van der Waals surface area contributed by atoms with E-state index in [0.717, 1.165) is 0 Å². The van der Waals surface area contributed by atoms with E-state index in [-0.39, 0.29) is 11.9 Å². The molecule has 0 saturated heterocycles. The molecule has 0 aliphatic heterocycles. The van der Waals surface area contributed by atoms with Gasteiger partial charge in [-0.05, 0) is 35.0 Å². The zero-order valence-corrected chi connectivity index (χ0v) is 8.40. The van der Waals surface area contributed by atoms with E-state index < -0.39 is 0 Å². The third kappa shape index (κ3) is 2.71. The number of hydrogen-bond donors (Lipinski definition) is 3. The van der Waals surface area contributed by atoms with Crippen LogP contribution in [0.5, 0.6) is 0 Å². The van der Waals surface area contributed by atoms with E-state index in [4.69, 9.17) is 4.74 Å². The van der Waals surface area contributed by atoms with Gasteiger partial charge in [0.25, 0.3) is 0 Å². The monoisotopic (exact) mass is 174 g/mol. The van der Waals surface area contributed by atoms with E-state index in [0.29, 0.717) is 6.61 Å². The molecule has 0 saturated carbocycles. The minimum absolute atomic E-state index is 0.0926. The van der Waals surface area contributed by atoms with Crippen molar-refractivity contribution in [3.63, 3.8) is 0 Å². The summed E-state index contributed by atoms with van der Waals surface area (Å²) in [7, 11) is 5.62. The standard InChI is InChI=1S/C8H20N3O/c1-6-12-7(9-3)8(2,10-4)11-5/h7,9-11H,1,6H2,2-5H3. The highest BCUT2D eigenvalue weighted by molar-refractivity contribution is 4.84. The van der Waals surface area contributed by atoms with Crippen LogP contribution in [0.4, 0.5) is 0 Å². The molecule has 0 amide bonds. The highest BCUT2D eigenvalue weighted by Gasteiger charge is 2.30. The molecule has 0 aromatic heterocycles. The minimum Gasteiger partial charge on any atom is -0.360 e. The topological polar surface area (TPSA) is 45.3 Å². The number of likely N-dealkylation sites (N-methyl/N-ethyl adjacent to an activating group) is 3. The maximum absolute atomic E-state index is 5.39. The van der Waals surface area contributed by atoms with Crippen molar-refractivity contribution in [2.75, 3.05) is 27.7 Å². The number of rotatable bonds is 6. The molecule has 4 heteroatoms. The first-order valence-electron chi connectivity index (χ1n) is 4.10. The maximum atomic E-state index is 5.39. The van der Waals surface area contributed by atoms with Crippen molar-refractivity contribution in [2.45, 2.75) is 18.8 Å². The van der Waals surface area contributed by atoms with E-state index in [9.17, 15) is 0 Å². The molecule has 0 aromatic carbocycles. The predicted octanol–water partition coefficient (Wildman–Crippen LogP) is -0.462. The normalized spacial score (nSPS) is 14.8. The lowest BCUT2D eigenvalue weighted by molar-refractivity contribution is -0.0222. The second kappa shape index (κ2) is 5.48. The average Bonchev–Trinajstić information content (AvgIpc) is 2.13. The number of nitrogens with one attached hydrogen (secondary N) is 3. The molecule has 0 fully saturated rings. The van der Waals surface area contributed by atoms with Crippen LogP contribution >= 0.6 is 0 Å². The summed E-state index contributed by atoms with van der Waals surface area (Å²) >= 11 is 0. The van der Waals surface area contributed by atoms with Gasteiger partial charge in [-0.3, -0.25) is 16.0 Å². The Balaban J connectivity index is 4.21. The number of ether oxygens (including phenoxy) is 1. The third-order valence-electron chi connectivity index (χ3n) is 2.11. The Bertz CT molecular complexity index is 115. The largest absolute Gasteiger partial charge is 0.360 e. The van der Waals surface area contributed by atoms with Crippen molar-refractivity contribution in [3.05, 3.63) is 6.92 Å². The quantitative estimate of drug-likeness (QED) is 0.477. The molecular weight excluding hydrogens is 154 g/mol. The Morgan fingerprint density at radius 2 is 1.83 bits per heavy atom. The van der Waals surface area contributed by atoms with Crippen LogP contribution in [-0.4, -0.2) is 39.6 Å². The molecule has 1 radical (unpaired) electrons. The summed E-state index contributed by atoms with van der Waals surface area (Å²) in [6.07, 6.45) is -0.0926. The van der Waals surface area contributed by atoms with Crippen molar-refractivity contribution >= 4 is 0 Å². The summed E-state index contributed by atoms with van der Waals surface area (Å²) in [6, 6.07) is 0. The molecule has 3 N–H and O–H groups in total. The third-order valence-corrected chi connectivity index (χ3v) is 2.11. The lowest BCUT2D eigenvalue weighted by Crippen LogP contribution is -2.64. The van der Waals surface area contributed by atoms with Crippen LogP contribution in [0.3, 0.4) is 0 Å². The van der Waals surface area contributed by atoms with Crippen molar-refractivity contribution < 1.29 is 4.74 Å². The zero-order chi connectivity index (χ0) is 9.61. The van der Waals surface area contributed by atoms with Gasteiger partial charge in [0.05, 0.1) is 0 Å². The Morgan fingerprint density at radius 3 is 2.08 bits per heavy atom. The molecule has 0 spiro atoms. The van der Waals surface area contributed by atoms with E-state index in [1.807, 2.05) is 28.1 Å². The van der Waals surface area contributed by atoms with Crippen LogP contribution in [0.15, 0.2) is 0 Å². The van der Waals surface area contributed by atoms with Gasteiger partial charge in [0.1, 0.15) is 11.9 Å². The van der Waals surface area contributed by atoms with E-state index >= 15 is 0 Å². The summed E-state index contributed by atoms with van der Waals surface area (Å²) in [4.78, 5) is 0. The molecule has 1 unspecified atom stereocenters.